The Balaban J connectivity index is 2.09. The first kappa shape index (κ1) is 7.71. The molecule has 11 heavy (non-hydrogen) atoms. The van der Waals surface area contributed by atoms with Crippen LogP contribution in [0.4, 0.5) is 0 Å². The Kier molecular flexibility index (Phi) is 3.11. The SMILES string of the molecule is O=CNCCCc1c[nH]nn1. The highest BCUT2D eigenvalue weighted by atomic mass is 16.1. The first-order valence-electron chi connectivity index (χ1n) is 3.46. The summed E-state index contributed by atoms with van der Waals surface area (Å²) in [4.78, 5) is 9.82. The first-order chi connectivity index (χ1) is 5.43. The fourth-order valence-corrected chi connectivity index (χ4v) is 0.778. The van der Waals surface area contributed by atoms with E-state index in [0.29, 0.717) is 13.0 Å². The Morgan fingerprint density at radius 3 is 3.27 bits per heavy atom. The lowest BCUT2D eigenvalue weighted by Crippen LogP contribution is -2.12. The smallest absolute Gasteiger partial charge is 0.207 e. The van der Waals surface area contributed by atoms with E-state index < -0.39 is 0 Å². The van der Waals surface area contributed by atoms with Gasteiger partial charge in [-0.1, -0.05) is 5.21 Å². The number of aromatic amines is 1. The van der Waals surface area contributed by atoms with E-state index in [4.69, 9.17) is 0 Å². The maximum Gasteiger partial charge on any atom is 0.207 e. The third-order valence-electron chi connectivity index (χ3n) is 1.30. The number of amides is 1. The Hall–Kier alpha value is -1.39. The van der Waals surface area contributed by atoms with Gasteiger partial charge in [0, 0.05) is 12.7 Å². The second kappa shape index (κ2) is 4.43. The predicted octanol–water partition coefficient (Wildman–Crippen LogP) is -0.517. The highest BCUT2D eigenvalue weighted by molar-refractivity contribution is 5.45. The quantitative estimate of drug-likeness (QED) is 0.443. The highest BCUT2D eigenvalue weighted by Gasteiger charge is 1.93. The van der Waals surface area contributed by atoms with Crippen molar-refractivity contribution < 1.29 is 4.79 Å². The summed E-state index contributed by atoms with van der Waals surface area (Å²) in [6.07, 6.45) is 4.19. The lowest BCUT2D eigenvalue weighted by molar-refractivity contribution is -0.109. The largest absolute Gasteiger partial charge is 0.359 e. The predicted molar refractivity (Wildman–Crippen MR) is 38.8 cm³/mol. The van der Waals surface area contributed by atoms with Crippen molar-refractivity contribution in [2.45, 2.75) is 12.8 Å². The number of aromatic nitrogens is 3. The van der Waals surface area contributed by atoms with E-state index in [0.717, 1.165) is 18.5 Å². The van der Waals surface area contributed by atoms with Crippen molar-refractivity contribution in [2.75, 3.05) is 6.54 Å². The molecule has 0 fully saturated rings. The molecule has 5 heteroatoms. The third kappa shape index (κ3) is 2.79. The minimum absolute atomic E-state index is 0.691. The van der Waals surface area contributed by atoms with Crippen LogP contribution in [0.25, 0.3) is 0 Å². The van der Waals surface area contributed by atoms with Crippen molar-refractivity contribution in [3.8, 4) is 0 Å². The van der Waals surface area contributed by atoms with Gasteiger partial charge < -0.3 is 5.32 Å². The minimum Gasteiger partial charge on any atom is -0.359 e. The summed E-state index contributed by atoms with van der Waals surface area (Å²) in [5.41, 5.74) is 0.928. The molecule has 0 aliphatic rings. The topological polar surface area (TPSA) is 70.7 Å². The molecule has 0 aromatic carbocycles. The molecule has 2 N–H and O–H groups in total. The fraction of sp³-hybridized carbons (Fsp3) is 0.500. The second-order valence-corrected chi connectivity index (χ2v) is 2.14. The molecule has 0 radical (unpaired) electrons. The van der Waals surface area contributed by atoms with Gasteiger partial charge in [-0.05, 0) is 12.8 Å². The molecule has 1 rings (SSSR count). The number of H-pyrrole nitrogens is 1. The molecule has 0 saturated carbocycles. The molecule has 1 aromatic rings. The average molecular weight is 154 g/mol. The molecular weight excluding hydrogens is 144 g/mol. The van der Waals surface area contributed by atoms with Crippen LogP contribution in [0.3, 0.4) is 0 Å². The molecule has 0 spiro atoms. The summed E-state index contributed by atoms with van der Waals surface area (Å²) in [5, 5.41) is 12.5. The Labute approximate surface area is 64.2 Å². The standard InChI is InChI=1S/C6H10N4O/c11-5-7-3-1-2-6-4-8-10-9-6/h4-5H,1-3H2,(H,7,11)(H,8,9,10). The van der Waals surface area contributed by atoms with Crippen LogP contribution in [0, 0.1) is 0 Å². The number of aryl methyl sites for hydroxylation is 1. The van der Waals surface area contributed by atoms with Crippen LogP contribution >= 0.6 is 0 Å². The minimum atomic E-state index is 0.691. The Bertz CT molecular complexity index is 196. The number of carbonyl (C=O) groups is 1. The zero-order valence-corrected chi connectivity index (χ0v) is 6.08. The van der Waals surface area contributed by atoms with Crippen molar-refractivity contribution in [2.24, 2.45) is 0 Å². The average Bonchev–Trinajstić information content (AvgIpc) is 2.50. The summed E-state index contributed by atoms with van der Waals surface area (Å²) >= 11 is 0. The number of nitrogens with zero attached hydrogens (tertiary/aromatic N) is 2. The fourth-order valence-electron chi connectivity index (χ4n) is 0.778. The van der Waals surface area contributed by atoms with E-state index in [-0.39, 0.29) is 0 Å². The summed E-state index contributed by atoms with van der Waals surface area (Å²) in [6.45, 7) is 0.691. The van der Waals surface area contributed by atoms with Gasteiger partial charge >= 0.3 is 0 Å². The molecule has 0 aliphatic carbocycles. The molecule has 0 bridgehead atoms. The van der Waals surface area contributed by atoms with Crippen molar-refractivity contribution in [3.63, 3.8) is 0 Å². The van der Waals surface area contributed by atoms with Crippen LogP contribution in [0.15, 0.2) is 6.20 Å². The molecule has 1 aromatic heterocycles. The maximum absolute atomic E-state index is 9.82. The van der Waals surface area contributed by atoms with Crippen molar-refractivity contribution in [1.29, 1.82) is 0 Å². The number of nitrogens with one attached hydrogen (secondary N) is 2. The number of carbonyl (C=O) groups excluding carboxylic acids is 1. The van der Waals surface area contributed by atoms with Crippen LogP contribution in [-0.4, -0.2) is 28.4 Å². The zero-order valence-electron chi connectivity index (χ0n) is 6.08. The Morgan fingerprint density at radius 1 is 1.73 bits per heavy atom. The molecule has 1 heterocycles. The summed E-state index contributed by atoms with van der Waals surface area (Å²) < 4.78 is 0. The first-order valence-corrected chi connectivity index (χ1v) is 3.46. The zero-order chi connectivity index (χ0) is 7.94. The molecule has 60 valence electrons. The van der Waals surface area contributed by atoms with Crippen LogP contribution in [0.1, 0.15) is 12.1 Å². The lowest BCUT2D eigenvalue weighted by Gasteiger charge is -1.94. The molecule has 5 nitrogen and oxygen atoms in total. The van der Waals surface area contributed by atoms with Gasteiger partial charge in [0.15, 0.2) is 0 Å². The van der Waals surface area contributed by atoms with E-state index in [9.17, 15) is 4.79 Å². The van der Waals surface area contributed by atoms with Gasteiger partial charge in [-0.25, -0.2) is 0 Å². The second-order valence-electron chi connectivity index (χ2n) is 2.14. The summed E-state index contributed by atoms with van der Waals surface area (Å²) in [5.74, 6) is 0. The number of hydrogen-bond donors (Lipinski definition) is 2. The normalized spacial score (nSPS) is 9.45. The molecule has 0 aliphatic heterocycles. The van der Waals surface area contributed by atoms with E-state index >= 15 is 0 Å². The van der Waals surface area contributed by atoms with Gasteiger partial charge in [-0.3, -0.25) is 9.89 Å². The highest BCUT2D eigenvalue weighted by Crippen LogP contribution is 1.92. The van der Waals surface area contributed by atoms with Gasteiger partial charge in [0.2, 0.25) is 6.41 Å². The van der Waals surface area contributed by atoms with Crippen molar-refractivity contribution >= 4 is 6.41 Å². The van der Waals surface area contributed by atoms with E-state index in [2.05, 4.69) is 20.7 Å². The monoisotopic (exact) mass is 154 g/mol. The van der Waals surface area contributed by atoms with Crippen LogP contribution in [0.2, 0.25) is 0 Å². The van der Waals surface area contributed by atoms with Crippen LogP contribution in [0.5, 0.6) is 0 Å². The van der Waals surface area contributed by atoms with Crippen molar-refractivity contribution in [3.05, 3.63) is 11.9 Å². The summed E-state index contributed by atoms with van der Waals surface area (Å²) in [7, 11) is 0. The molecule has 1 amide bonds. The molecular formula is C6H10N4O. The van der Waals surface area contributed by atoms with Gasteiger partial charge in [0.25, 0.3) is 0 Å². The Morgan fingerprint density at radius 2 is 2.64 bits per heavy atom. The van der Waals surface area contributed by atoms with E-state index in [1.54, 1.807) is 6.20 Å². The van der Waals surface area contributed by atoms with Crippen molar-refractivity contribution in [1.82, 2.24) is 20.7 Å². The number of rotatable bonds is 5. The van der Waals surface area contributed by atoms with Crippen LogP contribution in [-0.2, 0) is 11.2 Å². The van der Waals surface area contributed by atoms with Gasteiger partial charge in [-0.2, -0.15) is 0 Å². The lowest BCUT2D eigenvalue weighted by atomic mass is 10.2. The van der Waals surface area contributed by atoms with Gasteiger partial charge in [0.05, 0.1) is 5.69 Å². The van der Waals surface area contributed by atoms with Crippen LogP contribution < -0.4 is 5.32 Å². The van der Waals surface area contributed by atoms with E-state index in [1.165, 1.54) is 0 Å². The van der Waals surface area contributed by atoms with E-state index in [1.807, 2.05) is 0 Å². The van der Waals surface area contributed by atoms with Gasteiger partial charge in [0.1, 0.15) is 0 Å². The number of hydrogen-bond acceptors (Lipinski definition) is 3. The maximum atomic E-state index is 9.82. The molecule has 0 saturated heterocycles. The molecule has 0 unspecified atom stereocenters. The molecule has 0 atom stereocenters. The summed E-state index contributed by atoms with van der Waals surface area (Å²) in [6, 6.07) is 0. The van der Waals surface area contributed by atoms with Gasteiger partial charge in [-0.15, -0.1) is 5.10 Å². The third-order valence-corrected chi connectivity index (χ3v) is 1.30.